The van der Waals surface area contributed by atoms with E-state index in [4.69, 9.17) is 14.7 Å². The number of carbonyl (C=O) groups is 2. The van der Waals surface area contributed by atoms with E-state index in [0.717, 1.165) is 5.56 Å². The van der Waals surface area contributed by atoms with Gasteiger partial charge in [0, 0.05) is 6.08 Å². The van der Waals surface area contributed by atoms with Crippen molar-refractivity contribution in [2.24, 2.45) is 0 Å². The van der Waals surface area contributed by atoms with E-state index in [2.05, 4.69) is 11.9 Å². The van der Waals surface area contributed by atoms with Crippen molar-refractivity contribution in [2.75, 3.05) is 18.5 Å². The highest BCUT2D eigenvalue weighted by Crippen LogP contribution is 2.14. The molecule has 0 aliphatic carbocycles. The number of nitrogens with zero attached hydrogens (tertiary/aromatic N) is 1. The fourth-order valence-electron chi connectivity index (χ4n) is 2.06. The van der Waals surface area contributed by atoms with Crippen molar-refractivity contribution in [1.29, 1.82) is 5.26 Å². The first-order chi connectivity index (χ1) is 13.1. The zero-order valence-corrected chi connectivity index (χ0v) is 14.6. The van der Waals surface area contributed by atoms with Crippen LogP contribution in [-0.2, 0) is 14.3 Å². The average molecular weight is 362 g/mol. The van der Waals surface area contributed by atoms with Crippen molar-refractivity contribution in [1.82, 2.24) is 0 Å². The summed E-state index contributed by atoms with van der Waals surface area (Å²) in [5.74, 6) is -0.474. The molecule has 1 amide bonds. The van der Waals surface area contributed by atoms with Crippen LogP contribution in [0.25, 0.3) is 6.08 Å². The molecule has 0 aromatic heterocycles. The van der Waals surface area contributed by atoms with E-state index >= 15 is 0 Å². The third kappa shape index (κ3) is 6.52. The summed E-state index contributed by atoms with van der Waals surface area (Å²) in [6.07, 6.45) is 4.46. The van der Waals surface area contributed by atoms with Gasteiger partial charge in [0.2, 0.25) is 0 Å². The minimum absolute atomic E-state index is 0.331. The molecule has 0 fully saturated rings. The van der Waals surface area contributed by atoms with Gasteiger partial charge in [0.25, 0.3) is 5.91 Å². The van der Waals surface area contributed by atoms with E-state index in [1.54, 1.807) is 60.7 Å². The summed E-state index contributed by atoms with van der Waals surface area (Å²) in [7, 11) is 0. The number of hydrogen-bond acceptors (Lipinski definition) is 5. The van der Waals surface area contributed by atoms with Gasteiger partial charge in [-0.25, -0.2) is 4.79 Å². The average Bonchev–Trinajstić information content (AvgIpc) is 2.70. The molecular formula is C21H18N2O4. The molecule has 136 valence electrons. The van der Waals surface area contributed by atoms with Crippen LogP contribution in [0, 0.1) is 11.3 Å². The number of carbonyl (C=O) groups excluding carboxylic acids is 2. The maximum atomic E-state index is 11.8. The zero-order valence-electron chi connectivity index (χ0n) is 14.6. The topological polar surface area (TPSA) is 88.4 Å². The van der Waals surface area contributed by atoms with Crippen molar-refractivity contribution in [3.05, 3.63) is 78.4 Å². The molecule has 0 saturated heterocycles. The van der Waals surface area contributed by atoms with Gasteiger partial charge < -0.3 is 14.8 Å². The van der Waals surface area contributed by atoms with Gasteiger partial charge >= 0.3 is 5.97 Å². The molecule has 2 rings (SSSR count). The molecule has 2 aromatic carbocycles. The maximum absolute atomic E-state index is 11.8. The van der Waals surface area contributed by atoms with Crippen molar-refractivity contribution >= 4 is 23.6 Å². The van der Waals surface area contributed by atoms with Crippen LogP contribution in [0.3, 0.4) is 0 Å². The molecule has 27 heavy (non-hydrogen) atoms. The highest BCUT2D eigenvalue weighted by atomic mass is 16.5. The number of hydrogen-bond donors (Lipinski definition) is 1. The maximum Gasteiger partial charge on any atom is 0.331 e. The molecule has 0 unspecified atom stereocenters. The fraction of sp³-hybridized carbons (Fsp3) is 0.0952. The quantitative estimate of drug-likeness (QED) is 0.442. The van der Waals surface area contributed by atoms with Crippen molar-refractivity contribution in [3.8, 4) is 11.8 Å². The summed E-state index contributed by atoms with van der Waals surface area (Å²) in [6.45, 7) is 3.55. The van der Waals surface area contributed by atoms with Gasteiger partial charge in [0.1, 0.15) is 18.4 Å². The molecule has 0 saturated carbocycles. The van der Waals surface area contributed by atoms with Gasteiger partial charge in [-0.1, -0.05) is 36.9 Å². The Morgan fingerprint density at radius 3 is 2.59 bits per heavy atom. The molecular weight excluding hydrogens is 344 g/mol. The molecule has 0 radical (unpaired) electrons. The highest BCUT2D eigenvalue weighted by molar-refractivity contribution is 5.95. The lowest BCUT2D eigenvalue weighted by Gasteiger charge is -2.06. The number of ether oxygens (including phenoxy) is 2. The lowest BCUT2D eigenvalue weighted by molar-refractivity contribution is -0.142. The molecule has 0 spiro atoms. The largest absolute Gasteiger partial charge is 0.490 e. The normalized spacial score (nSPS) is 10.0. The number of amides is 1. The molecule has 0 aliphatic rings. The van der Waals surface area contributed by atoms with Gasteiger partial charge in [-0.2, -0.15) is 5.26 Å². The highest BCUT2D eigenvalue weighted by Gasteiger charge is 2.08. The molecule has 2 aromatic rings. The predicted octanol–water partition coefficient (Wildman–Crippen LogP) is 3.32. The number of para-hydroxylation sites is 1. The zero-order chi connectivity index (χ0) is 19.5. The van der Waals surface area contributed by atoms with Crippen molar-refractivity contribution < 1.29 is 19.1 Å². The monoisotopic (exact) mass is 362 g/mol. The van der Waals surface area contributed by atoms with E-state index in [9.17, 15) is 9.59 Å². The summed E-state index contributed by atoms with van der Waals surface area (Å²) >= 11 is 0. The van der Waals surface area contributed by atoms with Crippen LogP contribution < -0.4 is 10.1 Å². The Morgan fingerprint density at radius 1 is 1.15 bits per heavy atom. The van der Waals surface area contributed by atoms with Crippen molar-refractivity contribution in [2.45, 2.75) is 0 Å². The number of nitriles is 1. The Labute approximate surface area is 157 Å². The number of esters is 1. The summed E-state index contributed by atoms with van der Waals surface area (Å²) in [5.41, 5.74) is 1.48. The minimum Gasteiger partial charge on any atom is -0.490 e. The van der Waals surface area contributed by atoms with Crippen LogP contribution in [0.5, 0.6) is 5.75 Å². The molecule has 6 nitrogen and oxygen atoms in total. The SMILES string of the molecule is C=CCOc1ccc(/C=C/C(=O)OCC(=O)Nc2ccccc2C#N)cc1. The molecule has 0 aliphatic heterocycles. The number of anilines is 1. The fourth-order valence-corrected chi connectivity index (χ4v) is 2.06. The standard InChI is InChI=1S/C21H18N2O4/c1-2-13-26-18-10-7-16(8-11-18)9-12-21(25)27-15-20(24)23-19-6-4-3-5-17(19)14-22/h2-12H,1,13,15H2,(H,23,24)/b12-9+. The van der Waals surface area contributed by atoms with Crippen LogP contribution in [0.15, 0.2) is 67.3 Å². The van der Waals surface area contributed by atoms with Crippen molar-refractivity contribution in [3.63, 3.8) is 0 Å². The van der Waals surface area contributed by atoms with Crippen LogP contribution in [-0.4, -0.2) is 25.1 Å². The Morgan fingerprint density at radius 2 is 1.89 bits per heavy atom. The summed E-state index contributed by atoms with van der Waals surface area (Å²) in [5, 5.41) is 11.5. The first-order valence-electron chi connectivity index (χ1n) is 8.10. The predicted molar refractivity (Wildman–Crippen MR) is 102 cm³/mol. The van der Waals surface area contributed by atoms with Gasteiger partial charge in [-0.05, 0) is 35.9 Å². The smallest absolute Gasteiger partial charge is 0.331 e. The van der Waals surface area contributed by atoms with Crippen LogP contribution >= 0.6 is 0 Å². The second-order valence-corrected chi connectivity index (χ2v) is 5.32. The van der Waals surface area contributed by atoms with Gasteiger partial charge in [0.15, 0.2) is 6.61 Å². The Kier molecular flexibility index (Phi) is 7.37. The molecule has 0 heterocycles. The van der Waals surface area contributed by atoms with Crippen LogP contribution in [0.1, 0.15) is 11.1 Å². The number of benzene rings is 2. The number of rotatable bonds is 8. The van der Waals surface area contributed by atoms with Crippen LogP contribution in [0.2, 0.25) is 0 Å². The first kappa shape index (κ1) is 19.5. The van der Waals surface area contributed by atoms with E-state index in [0.29, 0.717) is 23.6 Å². The molecule has 6 heteroatoms. The third-order valence-electron chi connectivity index (χ3n) is 3.33. The summed E-state index contributed by atoms with van der Waals surface area (Å²) < 4.78 is 10.3. The Hall–Kier alpha value is -3.85. The van der Waals surface area contributed by atoms with E-state index < -0.39 is 18.5 Å². The third-order valence-corrected chi connectivity index (χ3v) is 3.33. The van der Waals surface area contributed by atoms with Gasteiger partial charge in [-0.3, -0.25) is 4.79 Å². The lowest BCUT2D eigenvalue weighted by atomic mass is 10.2. The minimum atomic E-state index is -0.647. The Bertz CT molecular complexity index is 880. The molecule has 0 bridgehead atoms. The Balaban J connectivity index is 1.81. The summed E-state index contributed by atoms with van der Waals surface area (Å²) in [6, 6.07) is 15.7. The van der Waals surface area contributed by atoms with E-state index in [1.165, 1.54) is 6.08 Å². The van der Waals surface area contributed by atoms with Gasteiger partial charge in [-0.15, -0.1) is 0 Å². The number of nitrogens with one attached hydrogen (secondary N) is 1. The van der Waals surface area contributed by atoms with Crippen LogP contribution in [0.4, 0.5) is 5.69 Å². The first-order valence-corrected chi connectivity index (χ1v) is 8.10. The molecule has 0 atom stereocenters. The van der Waals surface area contributed by atoms with E-state index in [-0.39, 0.29) is 0 Å². The molecule has 1 N–H and O–H groups in total. The van der Waals surface area contributed by atoms with Gasteiger partial charge in [0.05, 0.1) is 11.3 Å². The second kappa shape index (κ2) is 10.2. The lowest BCUT2D eigenvalue weighted by Crippen LogP contribution is -2.20. The summed E-state index contributed by atoms with van der Waals surface area (Å²) in [4.78, 5) is 23.6. The van der Waals surface area contributed by atoms with E-state index in [1.807, 2.05) is 6.07 Å². The second-order valence-electron chi connectivity index (χ2n) is 5.32.